The predicted octanol–water partition coefficient (Wildman–Crippen LogP) is 3.67. The molecule has 28 heavy (non-hydrogen) atoms. The van der Waals surface area contributed by atoms with Crippen LogP contribution in [0.15, 0.2) is 39.3 Å². The lowest BCUT2D eigenvalue weighted by atomic mass is 10.1. The van der Waals surface area contributed by atoms with Crippen molar-refractivity contribution in [2.24, 2.45) is 0 Å². The number of amides is 1. The molecule has 1 fully saturated rings. The molecule has 3 aromatic rings. The van der Waals surface area contributed by atoms with Crippen LogP contribution in [0.25, 0.3) is 11.4 Å². The van der Waals surface area contributed by atoms with E-state index in [-0.39, 0.29) is 31.3 Å². The molecule has 1 aliphatic heterocycles. The van der Waals surface area contributed by atoms with Gasteiger partial charge in [-0.05, 0) is 44.2 Å². The number of hydrogen-bond acceptors (Lipinski definition) is 6. The molecule has 0 radical (unpaired) electrons. The van der Waals surface area contributed by atoms with E-state index in [0.717, 1.165) is 0 Å². The molecular weight excluding hydrogens is 365 g/mol. The molecule has 0 spiro atoms. The van der Waals surface area contributed by atoms with Gasteiger partial charge in [-0.25, -0.2) is 4.39 Å². The minimum atomic E-state index is -1.87. The normalized spacial score (nSPS) is 19.2. The molecule has 0 bridgehead atoms. The van der Waals surface area contributed by atoms with Crippen molar-refractivity contribution in [1.82, 2.24) is 15.0 Å². The van der Waals surface area contributed by atoms with Crippen LogP contribution in [0.4, 0.5) is 4.39 Å². The van der Waals surface area contributed by atoms with Gasteiger partial charge in [-0.3, -0.25) is 4.79 Å². The average Bonchev–Trinajstić information content (AvgIpc) is 3.40. The molecule has 1 aliphatic rings. The van der Waals surface area contributed by atoms with Gasteiger partial charge in [-0.1, -0.05) is 5.16 Å². The van der Waals surface area contributed by atoms with Crippen LogP contribution in [0.1, 0.15) is 34.2 Å². The van der Waals surface area contributed by atoms with E-state index < -0.39 is 5.67 Å². The lowest BCUT2D eigenvalue weighted by Gasteiger charge is -2.17. The van der Waals surface area contributed by atoms with E-state index in [9.17, 15) is 4.79 Å². The van der Waals surface area contributed by atoms with E-state index in [2.05, 4.69) is 10.1 Å². The van der Waals surface area contributed by atoms with Gasteiger partial charge in [0.2, 0.25) is 11.5 Å². The van der Waals surface area contributed by atoms with Crippen molar-refractivity contribution in [2.45, 2.75) is 25.9 Å². The molecule has 4 rings (SSSR count). The summed E-state index contributed by atoms with van der Waals surface area (Å²) in [4.78, 5) is 18.4. The number of ether oxygens (including phenoxy) is 1. The Kier molecular flexibility index (Phi) is 4.41. The van der Waals surface area contributed by atoms with Gasteiger partial charge in [0.05, 0.1) is 19.2 Å². The third-order valence-electron chi connectivity index (χ3n) is 4.94. The maximum atomic E-state index is 15.5. The van der Waals surface area contributed by atoms with Crippen molar-refractivity contribution in [3.05, 3.63) is 53.3 Å². The predicted molar refractivity (Wildman–Crippen MR) is 97.8 cm³/mol. The van der Waals surface area contributed by atoms with E-state index in [1.165, 1.54) is 4.90 Å². The van der Waals surface area contributed by atoms with Crippen molar-refractivity contribution in [3.63, 3.8) is 0 Å². The van der Waals surface area contributed by atoms with Crippen LogP contribution in [0.3, 0.4) is 0 Å². The summed E-state index contributed by atoms with van der Waals surface area (Å²) >= 11 is 0. The third kappa shape index (κ3) is 3.15. The maximum Gasteiger partial charge on any atom is 0.266 e. The molecule has 3 heterocycles. The van der Waals surface area contributed by atoms with Crippen LogP contribution in [0.5, 0.6) is 5.75 Å². The summed E-state index contributed by atoms with van der Waals surface area (Å²) < 4.78 is 31.2. The number of likely N-dealkylation sites (tertiary alicyclic amines) is 1. The van der Waals surface area contributed by atoms with Crippen LogP contribution in [-0.4, -0.2) is 41.1 Å². The van der Waals surface area contributed by atoms with Gasteiger partial charge in [0.15, 0.2) is 0 Å². The number of furan rings is 1. The number of nitrogens with zero attached hydrogens (tertiary/aromatic N) is 3. The Labute approximate surface area is 161 Å². The molecule has 7 nitrogen and oxygen atoms in total. The molecule has 1 atom stereocenters. The summed E-state index contributed by atoms with van der Waals surface area (Å²) in [5.41, 5.74) is -0.735. The van der Waals surface area contributed by atoms with Gasteiger partial charge in [0.1, 0.15) is 17.3 Å². The van der Waals surface area contributed by atoms with Crippen LogP contribution in [0.2, 0.25) is 0 Å². The first kappa shape index (κ1) is 18.2. The van der Waals surface area contributed by atoms with Crippen molar-refractivity contribution in [3.8, 4) is 17.1 Å². The van der Waals surface area contributed by atoms with E-state index in [0.29, 0.717) is 34.2 Å². The summed E-state index contributed by atoms with van der Waals surface area (Å²) in [5.74, 6) is 1.79. The van der Waals surface area contributed by atoms with E-state index in [4.69, 9.17) is 13.7 Å². The molecular formula is C20H20FN3O4. The first-order valence-electron chi connectivity index (χ1n) is 8.93. The van der Waals surface area contributed by atoms with Crippen molar-refractivity contribution >= 4 is 5.91 Å². The molecule has 146 valence electrons. The summed E-state index contributed by atoms with van der Waals surface area (Å²) in [6.07, 6.45) is 0.0961. The molecule has 2 aromatic heterocycles. The van der Waals surface area contributed by atoms with Gasteiger partial charge in [-0.2, -0.15) is 4.98 Å². The topological polar surface area (TPSA) is 81.6 Å². The zero-order valence-corrected chi connectivity index (χ0v) is 15.9. The molecule has 8 heteroatoms. The van der Waals surface area contributed by atoms with Gasteiger partial charge in [-0.15, -0.1) is 0 Å². The smallest absolute Gasteiger partial charge is 0.266 e. The number of benzene rings is 1. The van der Waals surface area contributed by atoms with E-state index >= 15 is 4.39 Å². The van der Waals surface area contributed by atoms with Crippen LogP contribution >= 0.6 is 0 Å². The first-order valence-corrected chi connectivity index (χ1v) is 8.93. The number of aromatic nitrogens is 2. The fourth-order valence-electron chi connectivity index (χ4n) is 3.40. The van der Waals surface area contributed by atoms with Crippen LogP contribution in [-0.2, 0) is 5.67 Å². The monoisotopic (exact) mass is 385 g/mol. The van der Waals surface area contributed by atoms with E-state index in [1.54, 1.807) is 51.3 Å². The minimum Gasteiger partial charge on any atom is -0.497 e. The van der Waals surface area contributed by atoms with Gasteiger partial charge in [0, 0.05) is 18.5 Å². The molecule has 1 aromatic carbocycles. The van der Waals surface area contributed by atoms with Crippen molar-refractivity contribution < 1.29 is 22.9 Å². The number of hydrogen-bond donors (Lipinski definition) is 0. The van der Waals surface area contributed by atoms with Crippen LogP contribution < -0.4 is 4.74 Å². The number of rotatable bonds is 4. The first-order chi connectivity index (χ1) is 13.4. The number of halogens is 1. The van der Waals surface area contributed by atoms with Crippen molar-refractivity contribution in [2.75, 3.05) is 20.2 Å². The molecule has 1 amide bonds. The van der Waals surface area contributed by atoms with Crippen molar-refractivity contribution in [1.29, 1.82) is 0 Å². The standard InChI is InChI=1S/C20H20FN3O4/c1-12-10-16(13(2)27-12)18(25)24-9-8-20(21,11-24)19-22-17(23-28-19)14-4-6-15(26-3)7-5-14/h4-7,10H,8-9,11H2,1-3H3. The zero-order chi connectivity index (χ0) is 19.9. The lowest BCUT2D eigenvalue weighted by molar-refractivity contribution is 0.0715. The Balaban J connectivity index is 1.52. The maximum absolute atomic E-state index is 15.5. The summed E-state index contributed by atoms with van der Waals surface area (Å²) in [6.45, 7) is 3.61. The zero-order valence-electron chi connectivity index (χ0n) is 15.9. The van der Waals surface area contributed by atoms with E-state index in [1.807, 2.05) is 0 Å². The second-order valence-electron chi connectivity index (χ2n) is 6.92. The summed E-state index contributed by atoms with van der Waals surface area (Å²) in [7, 11) is 1.58. The third-order valence-corrected chi connectivity index (χ3v) is 4.94. The lowest BCUT2D eigenvalue weighted by Crippen LogP contribution is -2.32. The summed E-state index contributed by atoms with van der Waals surface area (Å²) in [5, 5.41) is 3.89. The Morgan fingerprint density at radius 3 is 2.68 bits per heavy atom. The highest BCUT2D eigenvalue weighted by molar-refractivity contribution is 5.95. The Morgan fingerprint density at radius 2 is 2.04 bits per heavy atom. The molecule has 1 unspecified atom stereocenters. The number of methoxy groups -OCH3 is 1. The molecule has 0 aliphatic carbocycles. The summed E-state index contributed by atoms with van der Waals surface area (Å²) in [6, 6.07) is 8.74. The average molecular weight is 385 g/mol. The van der Waals surface area contributed by atoms with Gasteiger partial charge < -0.3 is 18.6 Å². The molecule has 0 N–H and O–H groups in total. The Morgan fingerprint density at radius 1 is 1.29 bits per heavy atom. The fraction of sp³-hybridized carbons (Fsp3) is 0.350. The fourth-order valence-corrected chi connectivity index (χ4v) is 3.40. The molecule has 1 saturated heterocycles. The highest BCUT2D eigenvalue weighted by Gasteiger charge is 2.47. The number of carbonyl (C=O) groups is 1. The van der Waals surface area contributed by atoms with Crippen LogP contribution in [0, 0.1) is 13.8 Å². The number of carbonyl (C=O) groups excluding carboxylic acids is 1. The second kappa shape index (κ2) is 6.78. The van der Waals surface area contributed by atoms with Gasteiger partial charge >= 0.3 is 0 Å². The molecule has 0 saturated carbocycles. The second-order valence-corrected chi connectivity index (χ2v) is 6.92. The number of aryl methyl sites for hydroxylation is 2. The Hall–Kier alpha value is -3.16. The highest BCUT2D eigenvalue weighted by Crippen LogP contribution is 2.37. The SMILES string of the molecule is COc1ccc(-c2noc(C3(F)CCN(C(=O)c4cc(C)oc4C)C3)n2)cc1. The minimum absolute atomic E-state index is 0.0961. The number of alkyl halides is 1. The Bertz CT molecular complexity index is 1010. The van der Waals surface area contributed by atoms with Gasteiger partial charge in [0.25, 0.3) is 11.8 Å². The quantitative estimate of drug-likeness (QED) is 0.682. The highest BCUT2D eigenvalue weighted by atomic mass is 19.1. The largest absolute Gasteiger partial charge is 0.497 e.